The van der Waals surface area contributed by atoms with E-state index in [-0.39, 0.29) is 16.9 Å². The first-order valence-electron chi connectivity index (χ1n) is 9.24. The van der Waals surface area contributed by atoms with Crippen LogP contribution >= 0.6 is 0 Å². The predicted molar refractivity (Wildman–Crippen MR) is 96.1 cm³/mol. The van der Waals surface area contributed by atoms with Crippen molar-refractivity contribution in [2.45, 2.75) is 45.2 Å². The van der Waals surface area contributed by atoms with Crippen molar-refractivity contribution in [1.29, 1.82) is 0 Å². The Hall–Kier alpha value is -1.46. The molecule has 3 rings (SSSR count). The maximum atomic E-state index is 13.9. The van der Waals surface area contributed by atoms with E-state index in [9.17, 15) is 9.18 Å². The molecule has 1 aromatic rings. The Labute approximate surface area is 149 Å². The van der Waals surface area contributed by atoms with Crippen molar-refractivity contribution in [2.75, 3.05) is 33.4 Å². The van der Waals surface area contributed by atoms with Crippen LogP contribution in [0.15, 0.2) is 24.3 Å². The number of carbonyl (C=O) groups excluding carboxylic acids is 1. The molecular weight excluding hydrogens is 319 g/mol. The molecule has 1 amide bonds. The maximum Gasteiger partial charge on any atom is 0.256 e. The number of amides is 1. The van der Waals surface area contributed by atoms with Crippen LogP contribution in [0.1, 0.15) is 43.5 Å². The Morgan fingerprint density at radius 3 is 2.60 bits per heavy atom. The summed E-state index contributed by atoms with van der Waals surface area (Å²) in [6, 6.07) is 7.22. The van der Waals surface area contributed by atoms with Crippen LogP contribution in [0.4, 0.5) is 4.39 Å². The third-order valence-electron chi connectivity index (χ3n) is 5.89. The van der Waals surface area contributed by atoms with E-state index in [1.165, 1.54) is 6.07 Å². The van der Waals surface area contributed by atoms with Crippen molar-refractivity contribution in [3.63, 3.8) is 0 Å². The molecule has 5 heteroatoms. The van der Waals surface area contributed by atoms with Crippen molar-refractivity contribution < 1.29 is 13.9 Å². The molecule has 1 atom stereocenters. The number of likely N-dealkylation sites (tertiary alicyclic amines) is 2. The topological polar surface area (TPSA) is 32.8 Å². The Morgan fingerprint density at radius 2 is 2.00 bits per heavy atom. The Bertz CT molecular complexity index is 611. The van der Waals surface area contributed by atoms with Gasteiger partial charge in [0.1, 0.15) is 5.82 Å². The van der Waals surface area contributed by atoms with Crippen LogP contribution in [0.5, 0.6) is 0 Å². The van der Waals surface area contributed by atoms with Gasteiger partial charge < -0.3 is 9.64 Å². The lowest BCUT2D eigenvalue weighted by Crippen LogP contribution is -2.45. The fraction of sp³-hybridized carbons (Fsp3) is 0.650. The summed E-state index contributed by atoms with van der Waals surface area (Å²) < 4.78 is 19.3. The molecule has 2 saturated heterocycles. The highest BCUT2D eigenvalue weighted by atomic mass is 19.1. The van der Waals surface area contributed by atoms with Gasteiger partial charge in [0.05, 0.1) is 12.2 Å². The zero-order valence-corrected chi connectivity index (χ0v) is 15.5. The molecule has 0 bridgehead atoms. The number of carbonyl (C=O) groups is 1. The van der Waals surface area contributed by atoms with Crippen LogP contribution in [0, 0.1) is 11.2 Å². The highest BCUT2D eigenvalue weighted by molar-refractivity contribution is 5.94. The highest BCUT2D eigenvalue weighted by Crippen LogP contribution is 2.44. The van der Waals surface area contributed by atoms with Crippen molar-refractivity contribution in [1.82, 2.24) is 9.80 Å². The van der Waals surface area contributed by atoms with E-state index >= 15 is 0 Å². The SMILES string of the molecule is COC[C@H]1CC2(CCN(C(=O)c3ccccc3F)CC2)CN1C(C)C. The minimum atomic E-state index is -0.431. The molecule has 1 aromatic carbocycles. The second kappa shape index (κ2) is 7.42. The molecule has 0 aliphatic carbocycles. The molecule has 0 unspecified atom stereocenters. The zero-order chi connectivity index (χ0) is 18.0. The van der Waals surface area contributed by atoms with E-state index in [0.717, 1.165) is 32.4 Å². The molecule has 4 nitrogen and oxygen atoms in total. The number of hydrogen-bond donors (Lipinski definition) is 0. The number of rotatable bonds is 4. The van der Waals surface area contributed by atoms with Gasteiger partial charge in [-0.1, -0.05) is 12.1 Å². The van der Waals surface area contributed by atoms with E-state index in [1.54, 1.807) is 25.3 Å². The van der Waals surface area contributed by atoms with Gasteiger partial charge in [-0.05, 0) is 50.7 Å². The van der Waals surface area contributed by atoms with Gasteiger partial charge in [-0.25, -0.2) is 4.39 Å². The van der Waals surface area contributed by atoms with Crippen LogP contribution < -0.4 is 0 Å². The first-order valence-corrected chi connectivity index (χ1v) is 9.24. The van der Waals surface area contributed by atoms with Crippen molar-refractivity contribution in [3.8, 4) is 0 Å². The summed E-state index contributed by atoms with van der Waals surface area (Å²) in [6.07, 6.45) is 3.09. The third-order valence-corrected chi connectivity index (χ3v) is 5.89. The third kappa shape index (κ3) is 3.72. The lowest BCUT2D eigenvalue weighted by molar-refractivity contribution is 0.0577. The fourth-order valence-corrected chi connectivity index (χ4v) is 4.50. The van der Waals surface area contributed by atoms with Gasteiger partial charge in [0, 0.05) is 38.8 Å². The summed E-state index contributed by atoms with van der Waals surface area (Å²) >= 11 is 0. The lowest BCUT2D eigenvalue weighted by Gasteiger charge is -2.39. The molecule has 0 radical (unpaired) electrons. The van der Waals surface area contributed by atoms with Gasteiger partial charge in [0.15, 0.2) is 0 Å². The van der Waals surface area contributed by atoms with E-state index in [4.69, 9.17) is 4.74 Å². The number of methoxy groups -OCH3 is 1. The molecule has 1 spiro atoms. The summed E-state index contributed by atoms with van der Waals surface area (Å²) in [6.45, 7) is 7.72. The number of ether oxygens (including phenoxy) is 1. The number of piperidine rings is 1. The van der Waals surface area contributed by atoms with Crippen molar-refractivity contribution in [2.24, 2.45) is 5.41 Å². The van der Waals surface area contributed by atoms with E-state index in [0.29, 0.717) is 25.2 Å². The van der Waals surface area contributed by atoms with Crippen LogP contribution in [0.2, 0.25) is 0 Å². The second-order valence-electron chi connectivity index (χ2n) is 7.85. The van der Waals surface area contributed by atoms with E-state index < -0.39 is 5.82 Å². The van der Waals surface area contributed by atoms with E-state index in [2.05, 4.69) is 18.7 Å². The molecule has 0 saturated carbocycles. The van der Waals surface area contributed by atoms with E-state index in [1.807, 2.05) is 4.90 Å². The average molecular weight is 348 g/mol. The number of benzene rings is 1. The molecule has 138 valence electrons. The van der Waals surface area contributed by atoms with Crippen LogP contribution in [-0.2, 0) is 4.74 Å². The van der Waals surface area contributed by atoms with Gasteiger partial charge in [-0.15, -0.1) is 0 Å². The highest BCUT2D eigenvalue weighted by Gasteiger charge is 2.46. The monoisotopic (exact) mass is 348 g/mol. The summed E-state index contributed by atoms with van der Waals surface area (Å²) in [5.41, 5.74) is 0.449. The van der Waals surface area contributed by atoms with Gasteiger partial charge in [-0.2, -0.15) is 0 Å². The minimum absolute atomic E-state index is 0.180. The lowest BCUT2D eigenvalue weighted by atomic mass is 9.76. The molecule has 2 aliphatic heterocycles. The molecule has 2 heterocycles. The zero-order valence-electron chi connectivity index (χ0n) is 15.5. The summed E-state index contributed by atoms with van der Waals surface area (Å²) in [5.74, 6) is -0.611. The standard InChI is InChI=1S/C20H29FN2O2/c1-15(2)23-14-20(12-16(23)13-25-3)8-10-22(11-9-20)19(24)17-6-4-5-7-18(17)21/h4-7,15-16H,8-14H2,1-3H3/t16-/m1/s1. The van der Waals surface area contributed by atoms with Crippen molar-refractivity contribution >= 4 is 5.91 Å². The number of hydrogen-bond acceptors (Lipinski definition) is 3. The van der Waals surface area contributed by atoms with Gasteiger partial charge in [0.25, 0.3) is 5.91 Å². The van der Waals surface area contributed by atoms with Crippen LogP contribution in [0.25, 0.3) is 0 Å². The average Bonchev–Trinajstić information content (AvgIpc) is 2.94. The molecule has 0 N–H and O–H groups in total. The first-order chi connectivity index (χ1) is 12.0. The maximum absolute atomic E-state index is 13.9. The summed E-state index contributed by atoms with van der Waals surface area (Å²) in [7, 11) is 1.76. The first kappa shape index (κ1) is 18.3. The predicted octanol–water partition coefficient (Wildman–Crippen LogP) is 3.18. The molecule has 25 heavy (non-hydrogen) atoms. The van der Waals surface area contributed by atoms with Gasteiger partial charge in [-0.3, -0.25) is 9.69 Å². The Balaban J connectivity index is 1.65. The molecule has 2 fully saturated rings. The summed E-state index contributed by atoms with van der Waals surface area (Å²) in [4.78, 5) is 17.0. The normalized spacial score (nSPS) is 23.6. The molecule has 2 aliphatic rings. The quantitative estimate of drug-likeness (QED) is 0.838. The van der Waals surface area contributed by atoms with Gasteiger partial charge in [0.2, 0.25) is 0 Å². The van der Waals surface area contributed by atoms with Crippen molar-refractivity contribution in [3.05, 3.63) is 35.6 Å². The van der Waals surface area contributed by atoms with Gasteiger partial charge >= 0.3 is 0 Å². The minimum Gasteiger partial charge on any atom is -0.383 e. The van der Waals surface area contributed by atoms with Crippen LogP contribution in [-0.4, -0.2) is 61.1 Å². The largest absolute Gasteiger partial charge is 0.383 e. The second-order valence-corrected chi connectivity index (χ2v) is 7.85. The molecule has 0 aromatic heterocycles. The smallest absolute Gasteiger partial charge is 0.256 e. The molecular formula is C20H29FN2O2. The fourth-order valence-electron chi connectivity index (χ4n) is 4.50. The Kier molecular flexibility index (Phi) is 5.44. The number of nitrogens with zero attached hydrogens (tertiary/aromatic N) is 2. The summed E-state index contributed by atoms with van der Waals surface area (Å²) in [5, 5.41) is 0. The number of halogens is 1. The Morgan fingerprint density at radius 1 is 1.32 bits per heavy atom. The van der Waals surface area contributed by atoms with Crippen LogP contribution in [0.3, 0.4) is 0 Å².